The van der Waals surface area contributed by atoms with Gasteiger partial charge in [0.15, 0.2) is 0 Å². The molecule has 0 aromatic heterocycles. The Morgan fingerprint density at radius 3 is 2.50 bits per heavy atom. The van der Waals surface area contributed by atoms with Gasteiger partial charge in [-0.15, -0.1) is 0 Å². The van der Waals surface area contributed by atoms with E-state index in [0.717, 1.165) is 19.3 Å². The van der Waals surface area contributed by atoms with E-state index in [0.29, 0.717) is 6.61 Å². The number of ether oxygens (including phenoxy) is 1. The van der Waals surface area contributed by atoms with Gasteiger partial charge in [0, 0.05) is 0 Å². The third-order valence-electron chi connectivity index (χ3n) is 1.98. The van der Waals surface area contributed by atoms with Crippen LogP contribution in [0.2, 0.25) is 0 Å². The minimum atomic E-state index is -1.17. The van der Waals surface area contributed by atoms with Crippen molar-refractivity contribution in [3.8, 4) is 0 Å². The molecule has 3 nitrogen and oxygen atoms in total. The summed E-state index contributed by atoms with van der Waals surface area (Å²) in [5, 5.41) is 8.18. The number of carbonyl (C=O) groups is 1. The Bertz CT molecular complexity index is 164. The molecule has 0 aliphatic rings. The second kappa shape index (κ2) is 10.1. The standard InChI is InChI=1S/C11H20O3/c1-2-3-4-5-6-7-8-9-10-14-11(12)13/h2-3H,4-10H2,1H3,(H,12,13). The average Bonchev–Trinajstić information content (AvgIpc) is 2.15. The molecule has 0 fully saturated rings. The molecule has 0 atom stereocenters. The average molecular weight is 200 g/mol. The van der Waals surface area contributed by atoms with Gasteiger partial charge in [0.1, 0.15) is 0 Å². The molecule has 0 spiro atoms. The molecular weight excluding hydrogens is 180 g/mol. The Hall–Kier alpha value is -0.990. The van der Waals surface area contributed by atoms with Crippen LogP contribution >= 0.6 is 0 Å². The molecule has 0 saturated carbocycles. The van der Waals surface area contributed by atoms with Crippen molar-refractivity contribution >= 4 is 6.16 Å². The highest BCUT2D eigenvalue weighted by molar-refractivity contribution is 5.56. The number of rotatable bonds is 8. The van der Waals surface area contributed by atoms with Crippen LogP contribution in [0.15, 0.2) is 12.2 Å². The van der Waals surface area contributed by atoms with Gasteiger partial charge in [0.05, 0.1) is 6.61 Å². The van der Waals surface area contributed by atoms with E-state index in [9.17, 15) is 4.79 Å². The summed E-state index contributed by atoms with van der Waals surface area (Å²) in [5.41, 5.74) is 0. The first-order chi connectivity index (χ1) is 6.77. The molecule has 0 aliphatic carbocycles. The Labute approximate surface area is 85.8 Å². The number of allylic oxidation sites excluding steroid dienone is 2. The Morgan fingerprint density at radius 2 is 1.86 bits per heavy atom. The molecule has 0 aromatic carbocycles. The zero-order chi connectivity index (χ0) is 10.6. The molecule has 0 heterocycles. The second-order valence-corrected chi connectivity index (χ2v) is 3.24. The Kier molecular flexibility index (Phi) is 9.38. The van der Waals surface area contributed by atoms with Crippen molar-refractivity contribution in [2.24, 2.45) is 0 Å². The van der Waals surface area contributed by atoms with Crippen LogP contribution < -0.4 is 0 Å². The van der Waals surface area contributed by atoms with Crippen LogP contribution in [0.4, 0.5) is 4.79 Å². The number of carboxylic acid groups (broad SMARTS) is 1. The monoisotopic (exact) mass is 200 g/mol. The highest BCUT2D eigenvalue weighted by atomic mass is 16.7. The SMILES string of the molecule is CC=CCCCCCCCOC(=O)O. The van der Waals surface area contributed by atoms with Crippen molar-refractivity contribution in [3.63, 3.8) is 0 Å². The van der Waals surface area contributed by atoms with E-state index in [4.69, 9.17) is 5.11 Å². The molecule has 0 bridgehead atoms. The lowest BCUT2D eigenvalue weighted by Gasteiger charge is -2.00. The fourth-order valence-electron chi connectivity index (χ4n) is 1.22. The van der Waals surface area contributed by atoms with Gasteiger partial charge in [-0.3, -0.25) is 0 Å². The van der Waals surface area contributed by atoms with E-state index in [1.165, 1.54) is 19.3 Å². The van der Waals surface area contributed by atoms with Crippen molar-refractivity contribution in [2.45, 2.75) is 45.4 Å². The highest BCUT2D eigenvalue weighted by Gasteiger charge is 1.95. The predicted molar refractivity (Wildman–Crippen MR) is 56.5 cm³/mol. The summed E-state index contributed by atoms with van der Waals surface area (Å²) in [7, 11) is 0. The summed E-state index contributed by atoms with van der Waals surface area (Å²) < 4.78 is 4.39. The van der Waals surface area contributed by atoms with Gasteiger partial charge in [-0.1, -0.05) is 31.4 Å². The smallest absolute Gasteiger partial charge is 0.450 e. The van der Waals surface area contributed by atoms with Crippen molar-refractivity contribution in [1.29, 1.82) is 0 Å². The van der Waals surface area contributed by atoms with Gasteiger partial charge in [0.2, 0.25) is 0 Å². The zero-order valence-corrected chi connectivity index (χ0v) is 8.87. The molecule has 0 rings (SSSR count). The summed E-state index contributed by atoms with van der Waals surface area (Å²) in [6, 6.07) is 0. The highest BCUT2D eigenvalue weighted by Crippen LogP contribution is 2.05. The lowest BCUT2D eigenvalue weighted by atomic mass is 10.1. The first kappa shape index (κ1) is 13.0. The maximum absolute atomic E-state index is 9.98. The van der Waals surface area contributed by atoms with Gasteiger partial charge in [-0.25, -0.2) is 4.79 Å². The van der Waals surface area contributed by atoms with E-state index in [1.807, 2.05) is 6.92 Å². The largest absolute Gasteiger partial charge is 0.505 e. The van der Waals surface area contributed by atoms with Gasteiger partial charge in [-0.2, -0.15) is 0 Å². The number of unbranched alkanes of at least 4 members (excludes halogenated alkanes) is 5. The molecule has 3 heteroatoms. The van der Waals surface area contributed by atoms with Crippen LogP contribution in [-0.4, -0.2) is 17.9 Å². The summed E-state index contributed by atoms with van der Waals surface area (Å²) in [6.45, 7) is 2.37. The predicted octanol–water partition coefficient (Wildman–Crippen LogP) is 3.60. The topological polar surface area (TPSA) is 46.5 Å². The van der Waals surface area contributed by atoms with E-state index in [1.54, 1.807) is 0 Å². The first-order valence-electron chi connectivity index (χ1n) is 5.24. The maximum Gasteiger partial charge on any atom is 0.505 e. The molecular formula is C11H20O3. The van der Waals surface area contributed by atoms with Gasteiger partial charge >= 0.3 is 6.16 Å². The first-order valence-corrected chi connectivity index (χ1v) is 5.24. The lowest BCUT2D eigenvalue weighted by molar-refractivity contribution is 0.0899. The minimum Gasteiger partial charge on any atom is -0.450 e. The molecule has 0 amide bonds. The summed E-state index contributed by atoms with van der Waals surface area (Å²) in [6.07, 6.45) is 9.75. The zero-order valence-electron chi connectivity index (χ0n) is 8.87. The maximum atomic E-state index is 9.98. The van der Waals surface area contributed by atoms with Gasteiger partial charge in [0.25, 0.3) is 0 Å². The van der Waals surface area contributed by atoms with Crippen molar-refractivity contribution in [2.75, 3.05) is 6.61 Å². The van der Waals surface area contributed by atoms with Crippen molar-refractivity contribution in [1.82, 2.24) is 0 Å². The van der Waals surface area contributed by atoms with E-state index in [2.05, 4.69) is 16.9 Å². The summed E-state index contributed by atoms with van der Waals surface area (Å²) in [4.78, 5) is 9.98. The van der Waals surface area contributed by atoms with Crippen LogP contribution in [0.3, 0.4) is 0 Å². The Balaban J connectivity index is 2.95. The molecule has 1 N–H and O–H groups in total. The van der Waals surface area contributed by atoms with Gasteiger partial charge < -0.3 is 9.84 Å². The number of hydrogen-bond donors (Lipinski definition) is 1. The molecule has 0 radical (unpaired) electrons. The van der Waals surface area contributed by atoms with E-state index < -0.39 is 6.16 Å². The van der Waals surface area contributed by atoms with Crippen LogP contribution in [0.5, 0.6) is 0 Å². The molecule has 0 aliphatic heterocycles. The van der Waals surface area contributed by atoms with Crippen LogP contribution in [0.1, 0.15) is 45.4 Å². The molecule has 0 unspecified atom stereocenters. The van der Waals surface area contributed by atoms with Crippen molar-refractivity contribution < 1.29 is 14.6 Å². The second-order valence-electron chi connectivity index (χ2n) is 3.24. The number of hydrogen-bond acceptors (Lipinski definition) is 2. The van der Waals surface area contributed by atoms with E-state index in [-0.39, 0.29) is 0 Å². The van der Waals surface area contributed by atoms with Crippen molar-refractivity contribution in [3.05, 3.63) is 12.2 Å². The molecule has 82 valence electrons. The normalized spacial score (nSPS) is 10.6. The fraction of sp³-hybridized carbons (Fsp3) is 0.727. The van der Waals surface area contributed by atoms with Crippen LogP contribution in [0, 0.1) is 0 Å². The quantitative estimate of drug-likeness (QED) is 0.370. The third-order valence-corrected chi connectivity index (χ3v) is 1.98. The molecule has 0 aromatic rings. The fourth-order valence-corrected chi connectivity index (χ4v) is 1.22. The van der Waals surface area contributed by atoms with Gasteiger partial charge in [-0.05, 0) is 26.2 Å². The van der Waals surface area contributed by atoms with Crippen LogP contribution in [0.25, 0.3) is 0 Å². The Morgan fingerprint density at radius 1 is 1.21 bits per heavy atom. The van der Waals surface area contributed by atoms with Crippen LogP contribution in [-0.2, 0) is 4.74 Å². The summed E-state index contributed by atoms with van der Waals surface area (Å²) >= 11 is 0. The lowest BCUT2D eigenvalue weighted by Crippen LogP contribution is -2.01. The third kappa shape index (κ3) is 11.0. The minimum absolute atomic E-state index is 0.337. The summed E-state index contributed by atoms with van der Waals surface area (Å²) in [5.74, 6) is 0. The molecule has 14 heavy (non-hydrogen) atoms. The van der Waals surface area contributed by atoms with E-state index >= 15 is 0 Å². The molecule has 0 saturated heterocycles.